The number of nitrogens with one attached hydrogen (secondary N) is 1. The number of aromatic amines is 1. The summed E-state index contributed by atoms with van der Waals surface area (Å²) in [6.07, 6.45) is 3.71. The third-order valence-electron chi connectivity index (χ3n) is 3.79. The number of hydrogen-bond acceptors (Lipinski definition) is 4. The molecule has 106 valence electrons. The summed E-state index contributed by atoms with van der Waals surface area (Å²) in [5.41, 5.74) is 0.740. The average molecular weight is 265 g/mol. The van der Waals surface area contributed by atoms with Gasteiger partial charge in [0.1, 0.15) is 5.82 Å². The van der Waals surface area contributed by atoms with Crippen LogP contribution in [0.1, 0.15) is 37.7 Å². The smallest absolute Gasteiger partial charge is 0.251 e. The van der Waals surface area contributed by atoms with E-state index in [1.807, 2.05) is 14.0 Å². The van der Waals surface area contributed by atoms with Gasteiger partial charge in [0.05, 0.1) is 12.6 Å². The van der Waals surface area contributed by atoms with Crippen LogP contribution < -0.4 is 5.56 Å². The van der Waals surface area contributed by atoms with Gasteiger partial charge < -0.3 is 10.1 Å². The van der Waals surface area contributed by atoms with Crippen LogP contribution >= 0.6 is 0 Å². The summed E-state index contributed by atoms with van der Waals surface area (Å²) >= 11 is 0. The molecule has 5 heteroatoms. The lowest BCUT2D eigenvalue weighted by Crippen LogP contribution is -2.30. The van der Waals surface area contributed by atoms with Crippen LogP contribution in [0.5, 0.6) is 0 Å². The number of aliphatic hydroxyl groups excluding tert-OH is 1. The Kier molecular flexibility index (Phi) is 4.71. The van der Waals surface area contributed by atoms with Gasteiger partial charge in [-0.1, -0.05) is 13.3 Å². The van der Waals surface area contributed by atoms with E-state index in [1.54, 1.807) is 6.07 Å². The molecule has 1 fully saturated rings. The van der Waals surface area contributed by atoms with Gasteiger partial charge in [0.2, 0.25) is 0 Å². The summed E-state index contributed by atoms with van der Waals surface area (Å²) in [4.78, 5) is 20.8. The fourth-order valence-corrected chi connectivity index (χ4v) is 2.77. The first-order chi connectivity index (χ1) is 9.08. The van der Waals surface area contributed by atoms with Crippen LogP contribution in [0.2, 0.25) is 0 Å². The van der Waals surface area contributed by atoms with E-state index in [2.05, 4.69) is 14.9 Å². The van der Waals surface area contributed by atoms with E-state index < -0.39 is 0 Å². The first-order valence-electron chi connectivity index (χ1n) is 7.04. The van der Waals surface area contributed by atoms with Crippen LogP contribution in [0.4, 0.5) is 0 Å². The first-order valence-corrected chi connectivity index (χ1v) is 7.04. The van der Waals surface area contributed by atoms with Crippen LogP contribution in [-0.4, -0.2) is 39.7 Å². The second-order valence-corrected chi connectivity index (χ2v) is 5.49. The molecule has 5 nitrogen and oxygen atoms in total. The van der Waals surface area contributed by atoms with E-state index in [4.69, 9.17) is 0 Å². The number of aliphatic hydroxyl groups is 1. The topological polar surface area (TPSA) is 69.2 Å². The number of hydrogen-bond donors (Lipinski definition) is 2. The van der Waals surface area contributed by atoms with Gasteiger partial charge in [0.15, 0.2) is 0 Å². The second kappa shape index (κ2) is 6.30. The lowest BCUT2D eigenvalue weighted by molar-refractivity contribution is 0.107. The van der Waals surface area contributed by atoms with Crippen LogP contribution in [0.15, 0.2) is 10.9 Å². The van der Waals surface area contributed by atoms with Crippen molar-refractivity contribution in [2.24, 2.45) is 5.92 Å². The Morgan fingerprint density at radius 3 is 2.95 bits per heavy atom. The molecule has 0 bridgehead atoms. The van der Waals surface area contributed by atoms with Gasteiger partial charge >= 0.3 is 0 Å². The summed E-state index contributed by atoms with van der Waals surface area (Å²) in [6.45, 7) is 3.46. The van der Waals surface area contributed by atoms with Gasteiger partial charge in [0, 0.05) is 18.3 Å². The molecule has 2 rings (SSSR count). The van der Waals surface area contributed by atoms with Gasteiger partial charge in [-0.25, -0.2) is 4.98 Å². The molecule has 1 aromatic heterocycles. The highest BCUT2D eigenvalue weighted by molar-refractivity contribution is 5.02. The van der Waals surface area contributed by atoms with Crippen molar-refractivity contribution in [2.45, 2.75) is 45.3 Å². The molecule has 2 atom stereocenters. The Balaban J connectivity index is 1.96. The second-order valence-electron chi connectivity index (χ2n) is 5.49. The quantitative estimate of drug-likeness (QED) is 0.831. The van der Waals surface area contributed by atoms with Crippen molar-refractivity contribution in [1.82, 2.24) is 14.9 Å². The van der Waals surface area contributed by atoms with E-state index in [0.717, 1.165) is 37.9 Å². The SMILES string of the molecule is CCc1cc(=O)[nH]c(CN(C)CC2CCCC2O)n1. The Hall–Kier alpha value is -1.20. The van der Waals surface area contributed by atoms with Crippen molar-refractivity contribution in [3.8, 4) is 0 Å². The maximum absolute atomic E-state index is 11.5. The van der Waals surface area contributed by atoms with E-state index in [-0.39, 0.29) is 11.7 Å². The number of H-pyrrole nitrogens is 1. The van der Waals surface area contributed by atoms with Crippen molar-refractivity contribution >= 4 is 0 Å². The maximum Gasteiger partial charge on any atom is 0.251 e. The van der Waals surface area contributed by atoms with E-state index >= 15 is 0 Å². The van der Waals surface area contributed by atoms with Crippen LogP contribution in [0.3, 0.4) is 0 Å². The highest BCUT2D eigenvalue weighted by atomic mass is 16.3. The highest BCUT2D eigenvalue weighted by Gasteiger charge is 2.26. The molecule has 0 spiro atoms. The molecule has 19 heavy (non-hydrogen) atoms. The summed E-state index contributed by atoms with van der Waals surface area (Å²) in [5, 5.41) is 9.83. The highest BCUT2D eigenvalue weighted by Crippen LogP contribution is 2.26. The molecule has 1 heterocycles. The molecular formula is C14H23N3O2. The van der Waals surface area contributed by atoms with Gasteiger partial charge in [-0.2, -0.15) is 0 Å². The van der Waals surface area contributed by atoms with Gasteiger partial charge in [-0.05, 0) is 32.2 Å². The molecule has 0 saturated heterocycles. The Bertz CT molecular complexity index is 472. The monoisotopic (exact) mass is 265 g/mol. The summed E-state index contributed by atoms with van der Waals surface area (Å²) in [7, 11) is 2.00. The van der Waals surface area contributed by atoms with Crippen molar-refractivity contribution < 1.29 is 5.11 Å². The molecule has 0 aliphatic heterocycles. The Morgan fingerprint density at radius 2 is 2.32 bits per heavy atom. The Morgan fingerprint density at radius 1 is 1.53 bits per heavy atom. The predicted octanol–water partition coefficient (Wildman–Crippen LogP) is 0.925. The lowest BCUT2D eigenvalue weighted by Gasteiger charge is -2.22. The minimum Gasteiger partial charge on any atom is -0.393 e. The zero-order chi connectivity index (χ0) is 13.8. The van der Waals surface area contributed by atoms with E-state index in [9.17, 15) is 9.90 Å². The minimum absolute atomic E-state index is 0.0869. The first kappa shape index (κ1) is 14.2. The lowest BCUT2D eigenvalue weighted by atomic mass is 10.1. The molecule has 1 aliphatic rings. The molecule has 1 saturated carbocycles. The zero-order valence-electron chi connectivity index (χ0n) is 11.7. The van der Waals surface area contributed by atoms with Crippen molar-refractivity contribution in [3.63, 3.8) is 0 Å². The summed E-state index contributed by atoms with van der Waals surface area (Å²) < 4.78 is 0. The number of nitrogens with zero attached hydrogens (tertiary/aromatic N) is 2. The Labute approximate surface area is 113 Å². The van der Waals surface area contributed by atoms with Crippen molar-refractivity contribution in [3.05, 3.63) is 27.9 Å². The van der Waals surface area contributed by atoms with Gasteiger partial charge in [-0.15, -0.1) is 0 Å². The zero-order valence-corrected chi connectivity index (χ0v) is 11.7. The maximum atomic E-state index is 11.5. The summed E-state index contributed by atoms with van der Waals surface area (Å²) in [6, 6.07) is 1.55. The molecular weight excluding hydrogens is 242 g/mol. The number of aromatic nitrogens is 2. The van der Waals surface area contributed by atoms with Gasteiger partial charge in [-0.3, -0.25) is 9.69 Å². The molecule has 2 N–H and O–H groups in total. The normalized spacial score (nSPS) is 23.2. The number of rotatable bonds is 5. The third kappa shape index (κ3) is 3.88. The van der Waals surface area contributed by atoms with Crippen molar-refractivity contribution in [1.29, 1.82) is 0 Å². The molecule has 1 aliphatic carbocycles. The molecule has 0 amide bonds. The van der Waals surface area contributed by atoms with Gasteiger partial charge in [0.25, 0.3) is 5.56 Å². The van der Waals surface area contributed by atoms with E-state index in [0.29, 0.717) is 18.3 Å². The number of aryl methyl sites for hydroxylation is 1. The molecule has 0 radical (unpaired) electrons. The summed E-state index contributed by atoms with van der Waals surface area (Å²) in [5.74, 6) is 1.06. The fourth-order valence-electron chi connectivity index (χ4n) is 2.77. The molecule has 2 unspecified atom stereocenters. The average Bonchev–Trinajstić information content (AvgIpc) is 2.74. The molecule has 0 aromatic carbocycles. The van der Waals surface area contributed by atoms with Crippen molar-refractivity contribution in [2.75, 3.05) is 13.6 Å². The van der Waals surface area contributed by atoms with Crippen LogP contribution in [0.25, 0.3) is 0 Å². The fraction of sp³-hybridized carbons (Fsp3) is 0.714. The standard InChI is InChI=1S/C14H23N3O2/c1-3-11-7-14(19)16-13(15-11)9-17(2)8-10-5-4-6-12(10)18/h7,10,12,18H,3-6,8-9H2,1-2H3,(H,15,16,19). The van der Waals surface area contributed by atoms with E-state index in [1.165, 1.54) is 0 Å². The third-order valence-corrected chi connectivity index (χ3v) is 3.79. The van der Waals surface area contributed by atoms with Crippen LogP contribution in [0, 0.1) is 5.92 Å². The minimum atomic E-state index is -0.170. The van der Waals surface area contributed by atoms with Crippen LogP contribution in [-0.2, 0) is 13.0 Å². The largest absolute Gasteiger partial charge is 0.393 e. The molecule has 1 aromatic rings. The predicted molar refractivity (Wildman–Crippen MR) is 73.9 cm³/mol.